The maximum absolute atomic E-state index is 11.5. The first kappa shape index (κ1) is 12.6. The van der Waals surface area contributed by atoms with Crippen molar-refractivity contribution < 1.29 is 13.2 Å². The van der Waals surface area contributed by atoms with Gasteiger partial charge in [0.2, 0.25) is 0 Å². The molecule has 0 amide bonds. The van der Waals surface area contributed by atoms with Crippen LogP contribution in [0.1, 0.15) is 40.5 Å². The van der Waals surface area contributed by atoms with E-state index >= 15 is 0 Å². The molecule has 0 rings (SSSR count). The third kappa shape index (κ3) is 3.89. The van der Waals surface area contributed by atoms with Crippen LogP contribution in [-0.4, -0.2) is 24.7 Å². The SMILES string of the molecule is CCCC(=O)CS(=O)(=O)C(C)(C)C. The summed E-state index contributed by atoms with van der Waals surface area (Å²) in [6.45, 7) is 6.70. The van der Waals surface area contributed by atoms with E-state index in [0.717, 1.165) is 0 Å². The molecule has 0 aliphatic carbocycles. The van der Waals surface area contributed by atoms with Gasteiger partial charge in [-0.3, -0.25) is 4.79 Å². The van der Waals surface area contributed by atoms with Crippen LogP contribution in [0.4, 0.5) is 0 Å². The molecule has 0 heterocycles. The first-order chi connectivity index (χ1) is 5.70. The Kier molecular flexibility index (Phi) is 4.10. The Bertz CT molecular complexity index is 270. The van der Waals surface area contributed by atoms with E-state index in [4.69, 9.17) is 0 Å². The van der Waals surface area contributed by atoms with Crippen LogP contribution >= 0.6 is 0 Å². The summed E-state index contributed by atoms with van der Waals surface area (Å²) in [7, 11) is -3.27. The molecule has 0 atom stereocenters. The lowest BCUT2D eigenvalue weighted by Gasteiger charge is -2.18. The van der Waals surface area contributed by atoms with E-state index in [1.165, 1.54) is 0 Å². The first-order valence-corrected chi connectivity index (χ1v) is 6.10. The van der Waals surface area contributed by atoms with Gasteiger partial charge in [-0.1, -0.05) is 6.92 Å². The number of carbonyl (C=O) groups excluding carboxylic acids is 1. The van der Waals surface area contributed by atoms with Gasteiger partial charge in [0.25, 0.3) is 0 Å². The molecular weight excluding hydrogens is 188 g/mol. The topological polar surface area (TPSA) is 51.2 Å². The molecule has 4 heteroatoms. The van der Waals surface area contributed by atoms with Crippen molar-refractivity contribution in [1.82, 2.24) is 0 Å². The number of rotatable bonds is 4. The van der Waals surface area contributed by atoms with E-state index < -0.39 is 14.6 Å². The quantitative estimate of drug-likeness (QED) is 0.701. The average molecular weight is 206 g/mol. The molecule has 13 heavy (non-hydrogen) atoms. The molecule has 0 aliphatic heterocycles. The standard InChI is InChI=1S/C9H18O3S/c1-5-6-8(10)7-13(11,12)9(2,3)4/h5-7H2,1-4H3. The predicted molar refractivity (Wildman–Crippen MR) is 53.5 cm³/mol. The third-order valence-corrected chi connectivity index (χ3v) is 4.38. The lowest BCUT2D eigenvalue weighted by molar-refractivity contribution is -0.116. The molecule has 0 bridgehead atoms. The summed E-state index contributed by atoms with van der Waals surface area (Å²) in [5.74, 6) is -0.498. The minimum Gasteiger partial charge on any atom is -0.299 e. The summed E-state index contributed by atoms with van der Waals surface area (Å²) in [5, 5.41) is 0. The fraction of sp³-hybridized carbons (Fsp3) is 0.889. The molecule has 0 radical (unpaired) electrons. The Morgan fingerprint density at radius 3 is 2.00 bits per heavy atom. The molecule has 0 unspecified atom stereocenters. The molecule has 78 valence electrons. The third-order valence-electron chi connectivity index (χ3n) is 1.81. The largest absolute Gasteiger partial charge is 0.299 e. The number of sulfone groups is 1. The Morgan fingerprint density at radius 2 is 1.69 bits per heavy atom. The number of hydrogen-bond acceptors (Lipinski definition) is 3. The zero-order chi connectivity index (χ0) is 10.7. The van der Waals surface area contributed by atoms with E-state index in [1.807, 2.05) is 6.92 Å². The fourth-order valence-corrected chi connectivity index (χ4v) is 1.78. The van der Waals surface area contributed by atoms with Crippen molar-refractivity contribution in [3.8, 4) is 0 Å². The lowest BCUT2D eigenvalue weighted by Crippen LogP contribution is -2.33. The summed E-state index contributed by atoms with van der Waals surface area (Å²) in [5.41, 5.74) is 0. The summed E-state index contributed by atoms with van der Waals surface area (Å²) in [4.78, 5) is 11.1. The number of hydrogen-bond donors (Lipinski definition) is 0. The van der Waals surface area contributed by atoms with Crippen molar-refractivity contribution >= 4 is 15.6 Å². The van der Waals surface area contributed by atoms with Crippen LogP contribution in [0.15, 0.2) is 0 Å². The second-order valence-electron chi connectivity index (χ2n) is 4.16. The molecule has 0 aromatic carbocycles. The van der Waals surface area contributed by atoms with Gasteiger partial charge >= 0.3 is 0 Å². The Balaban J connectivity index is 4.46. The van der Waals surface area contributed by atoms with Crippen LogP contribution in [0.5, 0.6) is 0 Å². The molecule has 0 aromatic rings. The minimum absolute atomic E-state index is 0.183. The average Bonchev–Trinajstić information content (AvgIpc) is 1.83. The smallest absolute Gasteiger partial charge is 0.162 e. The molecule has 0 saturated carbocycles. The first-order valence-electron chi connectivity index (χ1n) is 4.44. The van der Waals surface area contributed by atoms with Gasteiger partial charge in [0, 0.05) is 6.42 Å². The van der Waals surface area contributed by atoms with Gasteiger partial charge in [0.1, 0.15) is 11.5 Å². The molecule has 0 aliphatic rings. The lowest BCUT2D eigenvalue weighted by atomic mass is 10.2. The highest BCUT2D eigenvalue weighted by molar-refractivity contribution is 7.93. The summed E-state index contributed by atoms with van der Waals surface area (Å²) >= 11 is 0. The van der Waals surface area contributed by atoms with Crippen molar-refractivity contribution in [2.24, 2.45) is 0 Å². The van der Waals surface area contributed by atoms with Crippen molar-refractivity contribution in [3.63, 3.8) is 0 Å². The zero-order valence-corrected chi connectivity index (χ0v) is 9.57. The van der Waals surface area contributed by atoms with E-state index in [9.17, 15) is 13.2 Å². The monoisotopic (exact) mass is 206 g/mol. The Labute approximate surface area is 80.4 Å². The molecule has 0 saturated heterocycles. The number of Topliss-reactive ketones (excluding diaryl/α,β-unsaturated/α-hetero) is 1. The fourth-order valence-electron chi connectivity index (χ4n) is 0.779. The molecule has 0 spiro atoms. The van der Waals surface area contributed by atoms with Crippen LogP contribution in [0.3, 0.4) is 0 Å². The predicted octanol–water partition coefficient (Wildman–Crippen LogP) is 1.57. The van der Waals surface area contributed by atoms with E-state index in [0.29, 0.717) is 12.8 Å². The van der Waals surface area contributed by atoms with Crippen LogP contribution in [0.25, 0.3) is 0 Å². The molecule has 0 fully saturated rings. The van der Waals surface area contributed by atoms with Gasteiger partial charge < -0.3 is 0 Å². The van der Waals surface area contributed by atoms with E-state index in [1.54, 1.807) is 20.8 Å². The van der Waals surface area contributed by atoms with Gasteiger partial charge in [-0.15, -0.1) is 0 Å². The maximum Gasteiger partial charge on any atom is 0.162 e. The highest BCUT2D eigenvalue weighted by Crippen LogP contribution is 2.16. The second kappa shape index (κ2) is 4.22. The van der Waals surface area contributed by atoms with Gasteiger partial charge in [-0.2, -0.15) is 0 Å². The van der Waals surface area contributed by atoms with Crippen LogP contribution in [0.2, 0.25) is 0 Å². The van der Waals surface area contributed by atoms with E-state index in [2.05, 4.69) is 0 Å². The molecular formula is C9H18O3S. The molecule has 0 aromatic heterocycles. The van der Waals surface area contributed by atoms with Crippen molar-refractivity contribution in [1.29, 1.82) is 0 Å². The number of carbonyl (C=O) groups is 1. The van der Waals surface area contributed by atoms with Gasteiger partial charge in [0.15, 0.2) is 9.84 Å². The van der Waals surface area contributed by atoms with Crippen molar-refractivity contribution in [2.45, 2.75) is 45.3 Å². The summed E-state index contributed by atoms with van der Waals surface area (Å²) < 4.78 is 22.2. The van der Waals surface area contributed by atoms with Crippen LogP contribution in [0, 0.1) is 0 Å². The second-order valence-corrected chi connectivity index (χ2v) is 6.90. The normalized spacial score (nSPS) is 12.9. The highest BCUT2D eigenvalue weighted by Gasteiger charge is 2.30. The maximum atomic E-state index is 11.5. The van der Waals surface area contributed by atoms with Gasteiger partial charge in [-0.25, -0.2) is 8.42 Å². The van der Waals surface area contributed by atoms with E-state index in [-0.39, 0.29) is 11.5 Å². The Morgan fingerprint density at radius 1 is 1.23 bits per heavy atom. The number of ketones is 1. The van der Waals surface area contributed by atoms with Crippen LogP contribution < -0.4 is 0 Å². The van der Waals surface area contributed by atoms with Gasteiger partial charge in [0.05, 0.1) is 4.75 Å². The molecule has 0 N–H and O–H groups in total. The summed E-state index contributed by atoms with van der Waals surface area (Å²) in [6.07, 6.45) is 1.06. The van der Waals surface area contributed by atoms with Crippen molar-refractivity contribution in [3.05, 3.63) is 0 Å². The zero-order valence-electron chi connectivity index (χ0n) is 8.75. The molecule has 3 nitrogen and oxygen atoms in total. The van der Waals surface area contributed by atoms with Crippen molar-refractivity contribution in [2.75, 3.05) is 5.75 Å². The van der Waals surface area contributed by atoms with Crippen LogP contribution in [-0.2, 0) is 14.6 Å². The Hall–Kier alpha value is -0.380. The summed E-state index contributed by atoms with van der Waals surface area (Å²) in [6, 6.07) is 0. The van der Waals surface area contributed by atoms with Gasteiger partial charge in [-0.05, 0) is 27.2 Å². The minimum atomic E-state index is -3.27. The highest BCUT2D eigenvalue weighted by atomic mass is 32.2.